The first-order chi connectivity index (χ1) is 7.09. The summed E-state index contributed by atoms with van der Waals surface area (Å²) in [5.41, 5.74) is 2.84. The second kappa shape index (κ2) is 5.95. The van der Waals surface area contributed by atoms with E-state index in [0.29, 0.717) is 5.92 Å². The number of benzene rings is 1. The monoisotopic (exact) mass is 204 g/mol. The molecule has 0 radical (unpaired) electrons. The highest BCUT2D eigenvalue weighted by molar-refractivity contribution is 5.23. The van der Waals surface area contributed by atoms with Crippen molar-refractivity contribution in [1.29, 1.82) is 0 Å². The molecule has 0 spiro atoms. The predicted molar refractivity (Wildman–Crippen MR) is 68.3 cm³/mol. The molecule has 0 heterocycles. The first kappa shape index (κ1) is 12.3. The summed E-state index contributed by atoms with van der Waals surface area (Å²) in [5, 5.41) is 0. The van der Waals surface area contributed by atoms with Crippen LogP contribution in [0.25, 0.3) is 0 Å². The van der Waals surface area contributed by atoms with Crippen LogP contribution in [0.4, 0.5) is 0 Å². The zero-order valence-electron chi connectivity index (χ0n) is 10.6. The van der Waals surface area contributed by atoms with Crippen molar-refractivity contribution < 1.29 is 0 Å². The van der Waals surface area contributed by atoms with Crippen LogP contribution in [-0.4, -0.2) is 0 Å². The lowest BCUT2D eigenvalue weighted by atomic mass is 9.93. The third-order valence-corrected chi connectivity index (χ3v) is 3.06. The summed E-state index contributed by atoms with van der Waals surface area (Å²) in [6.07, 6.45) is 4.03. The Hall–Kier alpha value is -0.780. The molecule has 0 unspecified atom stereocenters. The van der Waals surface area contributed by atoms with Gasteiger partial charge in [0.25, 0.3) is 0 Å². The molecule has 0 fully saturated rings. The van der Waals surface area contributed by atoms with Crippen LogP contribution in [-0.2, 0) is 0 Å². The third kappa shape index (κ3) is 4.51. The minimum Gasteiger partial charge on any atom is -0.0628 e. The van der Waals surface area contributed by atoms with E-state index in [4.69, 9.17) is 0 Å². The Kier molecular flexibility index (Phi) is 4.87. The normalized spacial score (nSPS) is 13.1. The van der Waals surface area contributed by atoms with Crippen LogP contribution in [0.5, 0.6) is 0 Å². The quantitative estimate of drug-likeness (QED) is 0.638. The Morgan fingerprint density at radius 3 is 2.07 bits per heavy atom. The van der Waals surface area contributed by atoms with Crippen molar-refractivity contribution in [3.63, 3.8) is 0 Å². The van der Waals surface area contributed by atoms with E-state index in [-0.39, 0.29) is 0 Å². The fraction of sp³-hybridized carbons (Fsp3) is 0.600. The van der Waals surface area contributed by atoms with Crippen LogP contribution in [0.2, 0.25) is 0 Å². The summed E-state index contributed by atoms with van der Waals surface area (Å²) < 4.78 is 0. The molecule has 0 saturated heterocycles. The van der Waals surface area contributed by atoms with Gasteiger partial charge in [-0.05, 0) is 30.7 Å². The molecular weight excluding hydrogens is 180 g/mol. The van der Waals surface area contributed by atoms with Gasteiger partial charge in [-0.25, -0.2) is 0 Å². The summed E-state index contributed by atoms with van der Waals surface area (Å²) in [7, 11) is 0. The lowest BCUT2D eigenvalue weighted by molar-refractivity contribution is 0.512. The SMILES string of the molecule is Cc1ccc([C@H](C)CCCC(C)C)cc1. The summed E-state index contributed by atoms with van der Waals surface area (Å²) in [6, 6.07) is 8.98. The van der Waals surface area contributed by atoms with Crippen molar-refractivity contribution in [3.05, 3.63) is 35.4 Å². The molecule has 0 heteroatoms. The Labute approximate surface area is 94.7 Å². The van der Waals surface area contributed by atoms with E-state index < -0.39 is 0 Å². The molecule has 1 rings (SSSR count). The van der Waals surface area contributed by atoms with Crippen LogP contribution in [0.3, 0.4) is 0 Å². The van der Waals surface area contributed by atoms with Crippen LogP contribution >= 0.6 is 0 Å². The zero-order chi connectivity index (χ0) is 11.3. The highest BCUT2D eigenvalue weighted by Gasteiger charge is 2.05. The van der Waals surface area contributed by atoms with Gasteiger partial charge in [-0.3, -0.25) is 0 Å². The fourth-order valence-corrected chi connectivity index (χ4v) is 1.89. The molecule has 0 aliphatic rings. The first-order valence-electron chi connectivity index (χ1n) is 6.16. The highest BCUT2D eigenvalue weighted by atomic mass is 14.1. The van der Waals surface area contributed by atoms with Crippen LogP contribution in [0, 0.1) is 12.8 Å². The smallest absolute Gasteiger partial charge is 0.0190 e. The molecule has 0 nitrogen and oxygen atoms in total. The van der Waals surface area contributed by atoms with E-state index in [1.807, 2.05) is 0 Å². The maximum absolute atomic E-state index is 2.34. The van der Waals surface area contributed by atoms with Crippen molar-refractivity contribution in [2.24, 2.45) is 5.92 Å². The Balaban J connectivity index is 2.40. The summed E-state index contributed by atoms with van der Waals surface area (Å²) in [4.78, 5) is 0. The summed E-state index contributed by atoms with van der Waals surface area (Å²) in [6.45, 7) is 9.09. The van der Waals surface area contributed by atoms with Crippen LogP contribution < -0.4 is 0 Å². The minimum atomic E-state index is 0.712. The van der Waals surface area contributed by atoms with E-state index in [2.05, 4.69) is 52.0 Å². The number of hydrogen-bond acceptors (Lipinski definition) is 0. The molecule has 0 saturated carbocycles. The van der Waals surface area contributed by atoms with Gasteiger partial charge in [0.15, 0.2) is 0 Å². The van der Waals surface area contributed by atoms with Gasteiger partial charge in [0.2, 0.25) is 0 Å². The largest absolute Gasteiger partial charge is 0.0628 e. The molecule has 0 N–H and O–H groups in total. The molecule has 0 aliphatic carbocycles. The minimum absolute atomic E-state index is 0.712. The van der Waals surface area contributed by atoms with Gasteiger partial charge in [0.05, 0.1) is 0 Å². The van der Waals surface area contributed by atoms with E-state index in [0.717, 1.165) is 5.92 Å². The van der Waals surface area contributed by atoms with Gasteiger partial charge < -0.3 is 0 Å². The van der Waals surface area contributed by atoms with Crippen LogP contribution in [0.15, 0.2) is 24.3 Å². The molecule has 0 amide bonds. The number of hydrogen-bond donors (Lipinski definition) is 0. The van der Waals surface area contributed by atoms with Gasteiger partial charge in [0.1, 0.15) is 0 Å². The highest BCUT2D eigenvalue weighted by Crippen LogP contribution is 2.22. The number of rotatable bonds is 5. The molecule has 15 heavy (non-hydrogen) atoms. The molecule has 1 aromatic rings. The van der Waals surface area contributed by atoms with E-state index in [1.165, 1.54) is 30.4 Å². The fourth-order valence-electron chi connectivity index (χ4n) is 1.89. The molecule has 1 atom stereocenters. The van der Waals surface area contributed by atoms with Crippen molar-refractivity contribution in [2.75, 3.05) is 0 Å². The maximum Gasteiger partial charge on any atom is -0.0190 e. The molecule has 1 aromatic carbocycles. The van der Waals surface area contributed by atoms with E-state index in [1.54, 1.807) is 0 Å². The Morgan fingerprint density at radius 1 is 0.933 bits per heavy atom. The van der Waals surface area contributed by atoms with Gasteiger partial charge in [0, 0.05) is 0 Å². The lowest BCUT2D eigenvalue weighted by Gasteiger charge is -2.12. The first-order valence-corrected chi connectivity index (χ1v) is 6.16. The average molecular weight is 204 g/mol. The average Bonchev–Trinajstić information content (AvgIpc) is 2.18. The number of aryl methyl sites for hydroxylation is 1. The Bertz CT molecular complexity index is 269. The maximum atomic E-state index is 2.34. The standard InChI is InChI=1S/C15H24/c1-12(2)6-5-7-14(4)15-10-8-13(3)9-11-15/h8-12,14H,5-7H2,1-4H3/t14-/m1/s1. The second-order valence-corrected chi connectivity index (χ2v) is 5.14. The summed E-state index contributed by atoms with van der Waals surface area (Å²) in [5.74, 6) is 1.56. The van der Waals surface area contributed by atoms with E-state index in [9.17, 15) is 0 Å². The van der Waals surface area contributed by atoms with Gasteiger partial charge in [-0.15, -0.1) is 0 Å². The second-order valence-electron chi connectivity index (χ2n) is 5.14. The predicted octanol–water partition coefficient (Wildman–Crippen LogP) is 4.92. The third-order valence-electron chi connectivity index (χ3n) is 3.06. The zero-order valence-corrected chi connectivity index (χ0v) is 10.6. The molecule has 0 aromatic heterocycles. The Morgan fingerprint density at radius 2 is 1.53 bits per heavy atom. The van der Waals surface area contributed by atoms with Crippen molar-refractivity contribution in [1.82, 2.24) is 0 Å². The van der Waals surface area contributed by atoms with Crippen molar-refractivity contribution >= 4 is 0 Å². The van der Waals surface area contributed by atoms with Crippen molar-refractivity contribution in [3.8, 4) is 0 Å². The molecule has 84 valence electrons. The lowest BCUT2D eigenvalue weighted by Crippen LogP contribution is -1.95. The topological polar surface area (TPSA) is 0 Å². The van der Waals surface area contributed by atoms with Gasteiger partial charge in [-0.1, -0.05) is 63.4 Å². The molecule has 0 bridgehead atoms. The molecule has 0 aliphatic heterocycles. The van der Waals surface area contributed by atoms with Gasteiger partial charge >= 0.3 is 0 Å². The van der Waals surface area contributed by atoms with Crippen LogP contribution in [0.1, 0.15) is 57.1 Å². The van der Waals surface area contributed by atoms with E-state index >= 15 is 0 Å². The van der Waals surface area contributed by atoms with Gasteiger partial charge in [-0.2, -0.15) is 0 Å². The summed E-state index contributed by atoms with van der Waals surface area (Å²) >= 11 is 0. The van der Waals surface area contributed by atoms with Crippen molar-refractivity contribution in [2.45, 2.75) is 52.9 Å². The molecular formula is C15H24.